The molecule has 3 rings (SSSR count). The summed E-state index contributed by atoms with van der Waals surface area (Å²) in [6, 6.07) is 8.29. The summed E-state index contributed by atoms with van der Waals surface area (Å²) < 4.78 is 11.0. The molecule has 5 heteroatoms. The summed E-state index contributed by atoms with van der Waals surface area (Å²) in [5.41, 5.74) is 2.36. The van der Waals surface area contributed by atoms with Gasteiger partial charge in [-0.15, -0.1) is 0 Å². The number of anilines is 1. The number of para-hydroxylation sites is 1. The lowest BCUT2D eigenvalue weighted by molar-refractivity contribution is -0.133. The highest BCUT2D eigenvalue weighted by Gasteiger charge is 2.28. The van der Waals surface area contributed by atoms with Crippen molar-refractivity contribution in [2.75, 3.05) is 37.8 Å². The Morgan fingerprint density at radius 2 is 2.04 bits per heavy atom. The van der Waals surface area contributed by atoms with Crippen molar-refractivity contribution in [1.29, 1.82) is 0 Å². The lowest BCUT2D eigenvalue weighted by Crippen LogP contribution is -2.40. The van der Waals surface area contributed by atoms with E-state index in [-0.39, 0.29) is 17.9 Å². The largest absolute Gasteiger partial charge is 0.378 e. The van der Waals surface area contributed by atoms with Crippen molar-refractivity contribution < 1.29 is 14.3 Å². The molecule has 2 aliphatic heterocycles. The zero-order valence-corrected chi connectivity index (χ0v) is 13.8. The summed E-state index contributed by atoms with van der Waals surface area (Å²) in [7, 11) is 0. The number of morpholine rings is 1. The van der Waals surface area contributed by atoms with E-state index in [4.69, 9.17) is 9.47 Å². The van der Waals surface area contributed by atoms with E-state index in [9.17, 15) is 4.79 Å². The van der Waals surface area contributed by atoms with Crippen LogP contribution in [0.25, 0.3) is 0 Å². The number of ether oxygens (including phenoxy) is 2. The average molecular weight is 318 g/mol. The Balaban J connectivity index is 1.62. The smallest absolute Gasteiger partial charge is 0.225 e. The fourth-order valence-electron chi connectivity index (χ4n) is 3.35. The molecule has 0 spiro atoms. The van der Waals surface area contributed by atoms with Crippen molar-refractivity contribution in [3.63, 3.8) is 0 Å². The van der Waals surface area contributed by atoms with Gasteiger partial charge in [0.1, 0.15) is 0 Å². The van der Waals surface area contributed by atoms with Crippen molar-refractivity contribution in [3.8, 4) is 0 Å². The zero-order chi connectivity index (χ0) is 16.1. The van der Waals surface area contributed by atoms with Gasteiger partial charge in [-0.05, 0) is 31.4 Å². The molecule has 126 valence electrons. The van der Waals surface area contributed by atoms with Crippen LogP contribution in [0.3, 0.4) is 0 Å². The first-order chi connectivity index (χ1) is 11.3. The molecule has 23 heavy (non-hydrogen) atoms. The van der Waals surface area contributed by atoms with E-state index in [1.165, 1.54) is 5.69 Å². The highest BCUT2D eigenvalue weighted by molar-refractivity contribution is 5.79. The molecule has 2 saturated heterocycles. The second-order valence-corrected chi connectivity index (χ2v) is 6.27. The highest BCUT2D eigenvalue weighted by atomic mass is 16.5. The molecule has 0 aliphatic carbocycles. The zero-order valence-electron chi connectivity index (χ0n) is 13.8. The third-order valence-corrected chi connectivity index (χ3v) is 4.74. The molecule has 1 N–H and O–H groups in total. The van der Waals surface area contributed by atoms with Crippen molar-refractivity contribution in [2.24, 2.45) is 5.92 Å². The van der Waals surface area contributed by atoms with Gasteiger partial charge in [0.15, 0.2) is 0 Å². The fraction of sp³-hybridized carbons (Fsp3) is 0.611. The molecule has 0 bridgehead atoms. The first-order valence-electron chi connectivity index (χ1n) is 8.55. The van der Waals surface area contributed by atoms with Crippen molar-refractivity contribution in [1.82, 2.24) is 5.32 Å². The van der Waals surface area contributed by atoms with Crippen LogP contribution < -0.4 is 10.2 Å². The molecule has 0 unspecified atom stereocenters. The fourth-order valence-corrected chi connectivity index (χ4v) is 3.35. The molecule has 2 atom stereocenters. The molecule has 1 aromatic rings. The van der Waals surface area contributed by atoms with Crippen LogP contribution in [0, 0.1) is 5.92 Å². The summed E-state index contributed by atoms with van der Waals surface area (Å²) in [4.78, 5) is 14.8. The van der Waals surface area contributed by atoms with E-state index >= 15 is 0 Å². The number of hydrogen-bond acceptors (Lipinski definition) is 4. The minimum atomic E-state index is -0.0284. The molecule has 0 aromatic heterocycles. The minimum Gasteiger partial charge on any atom is -0.378 e. The summed E-state index contributed by atoms with van der Waals surface area (Å²) in [5, 5.41) is 3.10. The Hall–Kier alpha value is -1.59. The lowest BCUT2D eigenvalue weighted by Gasteiger charge is -2.31. The second kappa shape index (κ2) is 7.79. The van der Waals surface area contributed by atoms with Gasteiger partial charge in [0.05, 0.1) is 25.2 Å². The second-order valence-electron chi connectivity index (χ2n) is 6.27. The van der Waals surface area contributed by atoms with Crippen molar-refractivity contribution in [3.05, 3.63) is 29.8 Å². The van der Waals surface area contributed by atoms with Crippen LogP contribution in [0.2, 0.25) is 0 Å². The molecule has 2 heterocycles. The maximum absolute atomic E-state index is 12.4. The van der Waals surface area contributed by atoms with Crippen LogP contribution in [0.15, 0.2) is 24.3 Å². The van der Waals surface area contributed by atoms with Gasteiger partial charge in [0, 0.05) is 31.9 Å². The number of carbonyl (C=O) groups excluding carboxylic acids is 1. The first kappa shape index (κ1) is 16.3. The quantitative estimate of drug-likeness (QED) is 0.922. The van der Waals surface area contributed by atoms with Crippen molar-refractivity contribution in [2.45, 2.75) is 32.4 Å². The third-order valence-electron chi connectivity index (χ3n) is 4.74. The summed E-state index contributed by atoms with van der Waals surface area (Å²) >= 11 is 0. The topological polar surface area (TPSA) is 50.8 Å². The van der Waals surface area contributed by atoms with Gasteiger partial charge in [0.25, 0.3) is 0 Å². The molecule has 0 radical (unpaired) electrons. The molecule has 1 aromatic carbocycles. The van der Waals surface area contributed by atoms with Crippen LogP contribution in [-0.2, 0) is 20.8 Å². The van der Waals surface area contributed by atoms with Crippen LogP contribution in [0.4, 0.5) is 5.69 Å². The number of nitrogens with zero attached hydrogens (tertiary/aromatic N) is 1. The third kappa shape index (κ3) is 4.03. The molecule has 0 saturated carbocycles. The average Bonchev–Trinajstić information content (AvgIpc) is 2.61. The Kier molecular flexibility index (Phi) is 5.51. The number of carbonyl (C=O) groups is 1. The Morgan fingerprint density at radius 3 is 2.83 bits per heavy atom. The predicted molar refractivity (Wildman–Crippen MR) is 89.5 cm³/mol. The van der Waals surface area contributed by atoms with Gasteiger partial charge in [-0.3, -0.25) is 4.79 Å². The van der Waals surface area contributed by atoms with Crippen LogP contribution in [0.5, 0.6) is 0 Å². The summed E-state index contributed by atoms with van der Waals surface area (Å²) in [5.74, 6) is 0.0771. The summed E-state index contributed by atoms with van der Waals surface area (Å²) in [6.45, 7) is 6.65. The maximum Gasteiger partial charge on any atom is 0.225 e. The van der Waals surface area contributed by atoms with Gasteiger partial charge in [-0.1, -0.05) is 18.2 Å². The number of benzene rings is 1. The van der Waals surface area contributed by atoms with Gasteiger partial charge in [0.2, 0.25) is 5.91 Å². The molecule has 5 nitrogen and oxygen atoms in total. The van der Waals surface area contributed by atoms with E-state index in [1.807, 2.05) is 19.1 Å². The van der Waals surface area contributed by atoms with E-state index in [0.29, 0.717) is 6.54 Å². The monoisotopic (exact) mass is 318 g/mol. The van der Waals surface area contributed by atoms with E-state index in [0.717, 1.165) is 51.3 Å². The van der Waals surface area contributed by atoms with Gasteiger partial charge >= 0.3 is 0 Å². The molecular formula is C18H26N2O3. The molecule has 2 aliphatic rings. The van der Waals surface area contributed by atoms with Crippen LogP contribution in [0.1, 0.15) is 25.3 Å². The number of hydrogen-bond donors (Lipinski definition) is 1. The van der Waals surface area contributed by atoms with Gasteiger partial charge in [-0.25, -0.2) is 0 Å². The van der Waals surface area contributed by atoms with Crippen molar-refractivity contribution >= 4 is 11.6 Å². The van der Waals surface area contributed by atoms with Gasteiger partial charge in [-0.2, -0.15) is 0 Å². The Labute approximate surface area is 137 Å². The van der Waals surface area contributed by atoms with E-state index < -0.39 is 0 Å². The predicted octanol–water partition coefficient (Wildman–Crippen LogP) is 1.95. The summed E-state index contributed by atoms with van der Waals surface area (Å²) in [6.07, 6.45) is 1.89. The molecule has 1 amide bonds. The maximum atomic E-state index is 12.4. The number of nitrogens with one attached hydrogen (secondary N) is 1. The minimum absolute atomic E-state index is 0.0123. The van der Waals surface area contributed by atoms with E-state index in [2.05, 4.69) is 22.3 Å². The van der Waals surface area contributed by atoms with E-state index in [1.54, 1.807) is 0 Å². The molecular weight excluding hydrogens is 292 g/mol. The number of rotatable bonds is 4. The molecule has 2 fully saturated rings. The Bertz CT molecular complexity index is 529. The highest BCUT2D eigenvalue weighted by Crippen LogP contribution is 2.23. The standard InChI is InChI=1S/C18H26N2O3/c1-14-16(6-4-10-23-14)18(21)19-13-15-5-2-3-7-17(15)20-8-11-22-12-9-20/h2-3,5,7,14,16H,4,6,8-13H2,1H3,(H,19,21)/t14-,16-/m0/s1. The first-order valence-corrected chi connectivity index (χ1v) is 8.55. The van der Waals surface area contributed by atoms with Crippen LogP contribution in [-0.4, -0.2) is 44.9 Å². The van der Waals surface area contributed by atoms with Gasteiger partial charge < -0.3 is 19.7 Å². The van der Waals surface area contributed by atoms with Crippen LogP contribution >= 0.6 is 0 Å². The number of amides is 1. The SMILES string of the molecule is C[C@@H]1OCCC[C@@H]1C(=O)NCc1ccccc1N1CCOCC1. The Morgan fingerprint density at radius 1 is 1.26 bits per heavy atom. The lowest BCUT2D eigenvalue weighted by atomic mass is 9.94. The normalized spacial score (nSPS) is 25.2.